The van der Waals surface area contributed by atoms with E-state index in [0.29, 0.717) is 17.9 Å². The predicted molar refractivity (Wildman–Crippen MR) is 91.2 cm³/mol. The number of aromatic amines is 1. The minimum Gasteiger partial charge on any atom is -0.364 e. The molecular weight excluding hydrogens is 314 g/mol. The van der Waals surface area contributed by atoms with Gasteiger partial charge in [-0.15, -0.1) is 0 Å². The summed E-state index contributed by atoms with van der Waals surface area (Å²) in [5.74, 6) is -0.665. The van der Waals surface area contributed by atoms with Crippen LogP contribution in [0.25, 0.3) is 0 Å². The summed E-state index contributed by atoms with van der Waals surface area (Å²) in [7, 11) is 0. The molecule has 0 atom stereocenters. The van der Waals surface area contributed by atoms with Crippen LogP contribution in [0.3, 0.4) is 0 Å². The van der Waals surface area contributed by atoms with Gasteiger partial charge in [-0.2, -0.15) is 0 Å². The molecule has 0 radical (unpaired) electrons. The molecule has 8 heteroatoms. The zero-order valence-corrected chi connectivity index (χ0v) is 13.4. The van der Waals surface area contributed by atoms with Gasteiger partial charge in [0.25, 0.3) is 11.8 Å². The summed E-state index contributed by atoms with van der Waals surface area (Å²) in [6.45, 7) is 2.43. The van der Waals surface area contributed by atoms with E-state index in [-0.39, 0.29) is 16.7 Å². The fraction of sp³-hybridized carbons (Fsp3) is 0.200. The van der Waals surface area contributed by atoms with Gasteiger partial charge in [0.2, 0.25) is 0 Å². The number of aromatic nitrogens is 2. The van der Waals surface area contributed by atoms with Crippen LogP contribution in [0.15, 0.2) is 36.7 Å². The predicted octanol–water partition coefficient (Wildman–Crippen LogP) is 1.44. The number of thiocarbonyl (C=S) groups is 1. The Labute approximate surface area is 138 Å². The van der Waals surface area contributed by atoms with Crippen LogP contribution in [0.2, 0.25) is 0 Å². The van der Waals surface area contributed by atoms with Gasteiger partial charge in [-0.1, -0.05) is 25.1 Å². The van der Waals surface area contributed by atoms with E-state index in [9.17, 15) is 9.59 Å². The van der Waals surface area contributed by atoms with Gasteiger partial charge < -0.3 is 15.6 Å². The lowest BCUT2D eigenvalue weighted by Crippen LogP contribution is -2.44. The first kappa shape index (κ1) is 16.6. The number of primary amides is 1. The third-order valence-corrected chi connectivity index (χ3v) is 3.39. The lowest BCUT2D eigenvalue weighted by Gasteiger charge is -2.23. The quantitative estimate of drug-likeness (QED) is 0.719. The van der Waals surface area contributed by atoms with Gasteiger partial charge in [0.1, 0.15) is 5.69 Å². The molecule has 2 aromatic rings. The Kier molecular flexibility index (Phi) is 5.42. The Balaban J connectivity index is 2.20. The van der Waals surface area contributed by atoms with Crippen LogP contribution in [-0.2, 0) is 0 Å². The van der Waals surface area contributed by atoms with Crippen molar-refractivity contribution in [3.05, 3.63) is 47.9 Å². The molecule has 0 saturated carbocycles. The van der Waals surface area contributed by atoms with Crippen molar-refractivity contribution in [3.8, 4) is 0 Å². The number of nitrogens with two attached hydrogens (primary N) is 1. The number of benzene rings is 1. The summed E-state index contributed by atoms with van der Waals surface area (Å²) in [6, 6.07) is 8.72. The molecule has 0 aliphatic heterocycles. The van der Waals surface area contributed by atoms with Crippen LogP contribution in [0.5, 0.6) is 0 Å². The zero-order valence-electron chi connectivity index (χ0n) is 12.6. The molecule has 1 aromatic heterocycles. The summed E-state index contributed by atoms with van der Waals surface area (Å²) in [6.07, 6.45) is 2.10. The lowest BCUT2D eigenvalue weighted by molar-refractivity contribution is 0.0975. The Morgan fingerprint density at radius 3 is 2.65 bits per heavy atom. The number of H-pyrrole nitrogens is 1. The summed E-state index contributed by atoms with van der Waals surface area (Å²) >= 11 is 5.30. The number of hydrogen-bond acceptors (Lipinski definition) is 4. The van der Waals surface area contributed by atoms with Crippen molar-refractivity contribution >= 4 is 35.0 Å². The minimum atomic E-state index is -0.643. The molecule has 1 heterocycles. The first-order chi connectivity index (χ1) is 11.0. The number of nitrogens with zero attached hydrogens (tertiary/aromatic N) is 2. The van der Waals surface area contributed by atoms with E-state index in [1.807, 2.05) is 13.0 Å². The molecule has 0 bridgehead atoms. The van der Waals surface area contributed by atoms with Crippen LogP contribution in [0, 0.1) is 0 Å². The Morgan fingerprint density at radius 2 is 2.04 bits per heavy atom. The molecule has 0 fully saturated rings. The molecule has 7 nitrogen and oxygen atoms in total. The van der Waals surface area contributed by atoms with Crippen molar-refractivity contribution in [2.24, 2.45) is 5.73 Å². The summed E-state index contributed by atoms with van der Waals surface area (Å²) < 4.78 is 0. The van der Waals surface area contributed by atoms with Gasteiger partial charge in [0.05, 0.1) is 6.33 Å². The zero-order chi connectivity index (χ0) is 16.8. The first-order valence-corrected chi connectivity index (χ1v) is 7.46. The van der Waals surface area contributed by atoms with Crippen molar-refractivity contribution in [2.45, 2.75) is 13.3 Å². The SMILES string of the molecule is CCCN(C(=S)NC(=O)c1ccccc1)c1nc[nH]c1C(N)=O. The van der Waals surface area contributed by atoms with E-state index in [1.54, 1.807) is 29.2 Å². The van der Waals surface area contributed by atoms with Crippen LogP contribution in [0.4, 0.5) is 5.82 Å². The smallest absolute Gasteiger partial charge is 0.269 e. The number of carbonyl (C=O) groups is 2. The summed E-state index contributed by atoms with van der Waals surface area (Å²) in [5, 5.41) is 2.81. The normalized spacial score (nSPS) is 10.1. The molecule has 2 amide bonds. The number of imidazole rings is 1. The lowest BCUT2D eigenvalue weighted by atomic mass is 10.2. The fourth-order valence-electron chi connectivity index (χ4n) is 2.03. The maximum Gasteiger partial charge on any atom is 0.269 e. The van der Waals surface area contributed by atoms with Crippen molar-refractivity contribution in [2.75, 3.05) is 11.4 Å². The minimum absolute atomic E-state index is 0.148. The Hall–Kier alpha value is -2.74. The molecule has 0 aliphatic carbocycles. The highest BCUT2D eigenvalue weighted by molar-refractivity contribution is 7.80. The largest absolute Gasteiger partial charge is 0.364 e. The van der Waals surface area contributed by atoms with E-state index < -0.39 is 5.91 Å². The van der Waals surface area contributed by atoms with E-state index in [1.165, 1.54) is 6.33 Å². The second-order valence-corrected chi connectivity index (χ2v) is 5.13. The number of amides is 2. The van der Waals surface area contributed by atoms with E-state index >= 15 is 0 Å². The van der Waals surface area contributed by atoms with Gasteiger partial charge in [0.15, 0.2) is 10.9 Å². The van der Waals surface area contributed by atoms with Gasteiger partial charge in [-0.25, -0.2) is 4.98 Å². The molecule has 120 valence electrons. The molecule has 0 spiro atoms. The average Bonchev–Trinajstić information content (AvgIpc) is 3.02. The van der Waals surface area contributed by atoms with E-state index in [4.69, 9.17) is 18.0 Å². The number of nitrogens with one attached hydrogen (secondary N) is 2. The molecule has 2 rings (SSSR count). The van der Waals surface area contributed by atoms with Gasteiger partial charge in [-0.3, -0.25) is 14.9 Å². The van der Waals surface area contributed by atoms with Crippen molar-refractivity contribution in [1.29, 1.82) is 0 Å². The van der Waals surface area contributed by atoms with Crippen LogP contribution in [0.1, 0.15) is 34.2 Å². The molecule has 4 N–H and O–H groups in total. The van der Waals surface area contributed by atoms with Crippen LogP contribution >= 0.6 is 12.2 Å². The highest BCUT2D eigenvalue weighted by Gasteiger charge is 2.22. The molecule has 1 aromatic carbocycles. The van der Waals surface area contributed by atoms with Gasteiger partial charge in [0, 0.05) is 12.1 Å². The van der Waals surface area contributed by atoms with Crippen molar-refractivity contribution < 1.29 is 9.59 Å². The van der Waals surface area contributed by atoms with E-state index in [0.717, 1.165) is 6.42 Å². The standard InChI is InChI=1S/C15H17N5O2S/c1-2-8-20(13-11(12(16)21)17-9-18-13)15(23)19-14(22)10-6-4-3-5-7-10/h3-7,9H,2,8H2,1H3,(H2,16,21)(H,17,18)(H,19,22,23). The topological polar surface area (TPSA) is 104 Å². The molecular formula is C15H17N5O2S. The molecule has 0 unspecified atom stereocenters. The Morgan fingerprint density at radius 1 is 1.35 bits per heavy atom. The Bertz CT molecular complexity index is 714. The third-order valence-electron chi connectivity index (χ3n) is 3.07. The van der Waals surface area contributed by atoms with Gasteiger partial charge >= 0.3 is 0 Å². The maximum atomic E-state index is 12.2. The fourth-order valence-corrected chi connectivity index (χ4v) is 2.30. The van der Waals surface area contributed by atoms with Gasteiger partial charge in [-0.05, 0) is 30.8 Å². The number of carbonyl (C=O) groups excluding carboxylic acids is 2. The highest BCUT2D eigenvalue weighted by Crippen LogP contribution is 2.16. The summed E-state index contributed by atoms with van der Waals surface area (Å²) in [5.41, 5.74) is 5.96. The first-order valence-electron chi connectivity index (χ1n) is 7.05. The van der Waals surface area contributed by atoms with Crippen molar-refractivity contribution in [3.63, 3.8) is 0 Å². The monoisotopic (exact) mass is 331 g/mol. The number of hydrogen-bond donors (Lipinski definition) is 3. The average molecular weight is 331 g/mol. The summed E-state index contributed by atoms with van der Waals surface area (Å²) in [4.78, 5) is 32.0. The van der Waals surface area contributed by atoms with Crippen molar-refractivity contribution in [1.82, 2.24) is 15.3 Å². The number of anilines is 1. The second-order valence-electron chi connectivity index (χ2n) is 4.74. The van der Waals surface area contributed by atoms with Crippen LogP contribution in [-0.4, -0.2) is 33.4 Å². The third kappa shape index (κ3) is 3.92. The number of rotatable bonds is 5. The molecule has 0 aliphatic rings. The molecule has 0 saturated heterocycles. The van der Waals surface area contributed by atoms with Crippen LogP contribution < -0.4 is 16.0 Å². The molecule has 23 heavy (non-hydrogen) atoms. The van der Waals surface area contributed by atoms with E-state index in [2.05, 4.69) is 15.3 Å². The maximum absolute atomic E-state index is 12.2. The second kappa shape index (κ2) is 7.50. The highest BCUT2D eigenvalue weighted by atomic mass is 32.1.